The number of pyridine rings is 1. The third-order valence-corrected chi connectivity index (χ3v) is 14.2. The summed E-state index contributed by atoms with van der Waals surface area (Å²) < 4.78 is 2.39. The van der Waals surface area contributed by atoms with E-state index in [-0.39, 0.29) is 0 Å². The van der Waals surface area contributed by atoms with Gasteiger partial charge < -0.3 is 9.30 Å². The van der Waals surface area contributed by atoms with Crippen LogP contribution in [0.3, 0.4) is 0 Å². The van der Waals surface area contributed by atoms with Gasteiger partial charge >= 0.3 is 0 Å². The average Bonchev–Trinajstić information content (AvgIpc) is 3.78. The first-order valence-electron chi connectivity index (χ1n) is 24.3. The number of rotatable bonds is 10. The molecule has 0 atom stereocenters. The van der Waals surface area contributed by atoms with Crippen LogP contribution >= 0.6 is 0 Å². The second kappa shape index (κ2) is 17.6. The fourth-order valence-electron chi connectivity index (χ4n) is 11.1. The van der Waals surface area contributed by atoms with Crippen molar-refractivity contribution < 1.29 is 0 Å². The first-order valence-corrected chi connectivity index (χ1v) is 24.3. The van der Waals surface area contributed by atoms with Crippen LogP contribution < -0.4 is 4.90 Å². The van der Waals surface area contributed by atoms with E-state index < -0.39 is 0 Å². The topological polar surface area (TPSA) is 7.65 Å². The Kier molecular flexibility index (Phi) is 10.4. The molecular weight excluding hydrogens is 845 g/mol. The van der Waals surface area contributed by atoms with Crippen molar-refractivity contribution in [2.45, 2.75) is 12.8 Å². The number of benzene rings is 11. The minimum Gasteiger partial charge on any atom is -0.315 e. The van der Waals surface area contributed by atoms with Gasteiger partial charge in [0.1, 0.15) is 0 Å². The van der Waals surface area contributed by atoms with Crippen molar-refractivity contribution in [1.29, 1.82) is 0 Å². The predicted molar refractivity (Wildman–Crippen MR) is 297 cm³/mol. The van der Waals surface area contributed by atoms with Gasteiger partial charge in [0, 0.05) is 39.6 Å². The number of hydrogen-bond donors (Lipinski definition) is 0. The molecule has 2 aromatic heterocycles. The number of fused-ring (bicyclic) bond motifs is 9. The minimum absolute atomic E-state index is 0.805. The third kappa shape index (κ3) is 7.30. The Labute approximate surface area is 408 Å². The molecule has 0 bridgehead atoms. The monoisotopic (exact) mass is 892 g/mol. The van der Waals surface area contributed by atoms with Crippen LogP contribution in [0.2, 0.25) is 0 Å². The Hall–Kier alpha value is -8.98. The lowest BCUT2D eigenvalue weighted by atomic mass is 9.89. The normalized spacial score (nSPS) is 11.5. The van der Waals surface area contributed by atoms with Crippen molar-refractivity contribution in [2.75, 3.05) is 4.90 Å². The zero-order chi connectivity index (χ0) is 46.4. The molecule has 0 radical (unpaired) electrons. The van der Waals surface area contributed by atoms with E-state index >= 15 is 0 Å². The van der Waals surface area contributed by atoms with Crippen LogP contribution in [0.4, 0.5) is 17.1 Å². The molecule has 0 aliphatic rings. The molecule has 0 unspecified atom stereocenters. The van der Waals surface area contributed by atoms with Crippen LogP contribution in [0.1, 0.15) is 22.3 Å². The molecule has 0 N–H and O–H groups in total. The molecule has 70 heavy (non-hydrogen) atoms. The molecule has 0 saturated carbocycles. The maximum Gasteiger partial charge on any atom is 0.0620 e. The summed E-state index contributed by atoms with van der Waals surface area (Å²) >= 11 is 0. The average molecular weight is 893 g/mol. The molecule has 0 aliphatic carbocycles. The highest BCUT2D eigenvalue weighted by Gasteiger charge is 2.22. The van der Waals surface area contributed by atoms with Crippen LogP contribution in [-0.4, -0.2) is 4.40 Å². The van der Waals surface area contributed by atoms with Gasteiger partial charge in [-0.1, -0.05) is 212 Å². The lowest BCUT2D eigenvalue weighted by Gasteiger charge is -2.27. The Morgan fingerprint density at radius 3 is 1.69 bits per heavy atom. The van der Waals surface area contributed by atoms with Crippen LogP contribution in [0, 0.1) is 0 Å². The molecule has 11 aromatic carbocycles. The molecule has 0 spiro atoms. The third-order valence-electron chi connectivity index (χ3n) is 14.2. The van der Waals surface area contributed by atoms with Gasteiger partial charge in [-0.3, -0.25) is 0 Å². The van der Waals surface area contributed by atoms with Crippen LogP contribution in [-0.2, 0) is 12.8 Å². The Morgan fingerprint density at radius 1 is 0.329 bits per heavy atom. The van der Waals surface area contributed by atoms with Crippen molar-refractivity contribution >= 4 is 65.8 Å². The maximum atomic E-state index is 2.44. The zero-order valence-corrected chi connectivity index (χ0v) is 38.7. The van der Waals surface area contributed by atoms with Crippen molar-refractivity contribution in [3.05, 3.63) is 289 Å². The van der Waals surface area contributed by atoms with Gasteiger partial charge in [0.15, 0.2) is 0 Å². The Bertz CT molecular complexity index is 4040. The molecule has 13 rings (SSSR count). The largest absolute Gasteiger partial charge is 0.315 e. The molecule has 13 aromatic rings. The van der Waals surface area contributed by atoms with E-state index in [9.17, 15) is 0 Å². The highest BCUT2D eigenvalue weighted by atomic mass is 15.1. The number of anilines is 3. The lowest BCUT2D eigenvalue weighted by molar-refractivity contribution is 1.16. The molecule has 0 amide bonds. The van der Waals surface area contributed by atoms with E-state index in [1.54, 1.807) is 0 Å². The molecule has 0 fully saturated rings. The van der Waals surface area contributed by atoms with Gasteiger partial charge in [-0.2, -0.15) is 0 Å². The fourth-order valence-corrected chi connectivity index (χ4v) is 11.1. The highest BCUT2D eigenvalue weighted by Crippen LogP contribution is 2.47. The van der Waals surface area contributed by atoms with Gasteiger partial charge in [0.05, 0.1) is 11.0 Å². The van der Waals surface area contributed by atoms with Crippen LogP contribution in [0.25, 0.3) is 82.1 Å². The van der Waals surface area contributed by atoms with E-state index in [4.69, 9.17) is 0 Å². The van der Waals surface area contributed by atoms with Gasteiger partial charge in [-0.15, -0.1) is 0 Å². The molecule has 0 aliphatic heterocycles. The molecule has 0 saturated heterocycles. The Morgan fingerprint density at radius 2 is 0.900 bits per heavy atom. The SMILES string of the molecule is c1ccc(Cc2ccccc2-c2ccc(N(c3ccc(-c4cccc5c4c4ccccc4c4c5c(-c5ccccc5)c5ccccn54)cc3)c3ccc4ccccc4c3)cc2Cc2ccccc2)cc1. The van der Waals surface area contributed by atoms with Gasteiger partial charge in [0.25, 0.3) is 0 Å². The molecule has 2 heteroatoms. The summed E-state index contributed by atoms with van der Waals surface area (Å²) in [5, 5.41) is 8.74. The quantitative estimate of drug-likeness (QED) is 0.124. The van der Waals surface area contributed by atoms with E-state index in [2.05, 4.69) is 276 Å². The Balaban J connectivity index is 0.985. The van der Waals surface area contributed by atoms with Gasteiger partial charge in [-0.05, 0) is 138 Å². The number of nitrogens with zero attached hydrogens (tertiary/aromatic N) is 2. The van der Waals surface area contributed by atoms with E-state index in [0.717, 1.165) is 29.9 Å². The van der Waals surface area contributed by atoms with Crippen molar-refractivity contribution in [3.63, 3.8) is 0 Å². The lowest BCUT2D eigenvalue weighted by Crippen LogP contribution is -2.11. The summed E-state index contributed by atoms with van der Waals surface area (Å²) in [6.45, 7) is 0. The van der Waals surface area contributed by atoms with Gasteiger partial charge in [0.2, 0.25) is 0 Å². The standard InChI is InChI=1S/C68H48N2/c1-4-19-47(20-5-1)43-53-27-12-13-28-58(53)59-41-40-57(46-54(59)44-48-21-6-2-7-22-48)70(56-39-34-49-23-10-11-26-52(49)45-56)55-37-35-50(36-38-55)60-31-18-32-63-66(60)61-29-14-15-30-62(61)68-67(63)65(51-24-8-3-9-25-51)64-33-16-17-42-69(64)68/h1-42,45-46H,43-44H2. The predicted octanol–water partition coefficient (Wildman–Crippen LogP) is 18.2. The summed E-state index contributed by atoms with van der Waals surface area (Å²) in [5.41, 5.74) is 18.4. The summed E-state index contributed by atoms with van der Waals surface area (Å²) in [6.07, 6.45) is 3.89. The van der Waals surface area contributed by atoms with E-state index in [0.29, 0.717) is 0 Å². The smallest absolute Gasteiger partial charge is 0.0620 e. The summed E-state index contributed by atoms with van der Waals surface area (Å²) in [6, 6.07) is 95.8. The summed E-state index contributed by atoms with van der Waals surface area (Å²) in [7, 11) is 0. The number of hydrogen-bond acceptors (Lipinski definition) is 1. The minimum atomic E-state index is 0.805. The zero-order valence-electron chi connectivity index (χ0n) is 38.7. The van der Waals surface area contributed by atoms with Crippen LogP contribution in [0.15, 0.2) is 267 Å². The fraction of sp³-hybridized carbons (Fsp3) is 0.0294. The van der Waals surface area contributed by atoms with E-state index in [1.807, 2.05) is 0 Å². The molecular formula is C68H48N2. The first-order chi connectivity index (χ1) is 34.7. The molecule has 2 nitrogen and oxygen atoms in total. The second-order valence-electron chi connectivity index (χ2n) is 18.4. The number of aromatic nitrogens is 1. The summed E-state index contributed by atoms with van der Waals surface area (Å²) in [5.74, 6) is 0. The van der Waals surface area contributed by atoms with Crippen molar-refractivity contribution in [2.24, 2.45) is 0 Å². The van der Waals surface area contributed by atoms with E-state index in [1.165, 1.54) is 104 Å². The summed E-state index contributed by atoms with van der Waals surface area (Å²) in [4.78, 5) is 2.44. The van der Waals surface area contributed by atoms with Crippen molar-refractivity contribution in [1.82, 2.24) is 4.40 Å². The highest BCUT2D eigenvalue weighted by molar-refractivity contribution is 6.32. The van der Waals surface area contributed by atoms with Crippen molar-refractivity contribution in [3.8, 4) is 33.4 Å². The molecule has 330 valence electrons. The maximum absolute atomic E-state index is 2.44. The van der Waals surface area contributed by atoms with Gasteiger partial charge in [-0.25, -0.2) is 0 Å². The van der Waals surface area contributed by atoms with Crippen LogP contribution in [0.5, 0.6) is 0 Å². The second-order valence-corrected chi connectivity index (χ2v) is 18.4. The first kappa shape index (κ1) is 41.2. The molecule has 2 heterocycles.